The zero-order valence-electron chi connectivity index (χ0n) is 14.5. The fraction of sp³-hybridized carbons (Fsp3) is 0.211. The van der Waals surface area contributed by atoms with Gasteiger partial charge in [-0.2, -0.15) is 0 Å². The van der Waals surface area contributed by atoms with Gasteiger partial charge in [0.1, 0.15) is 13.2 Å². The van der Waals surface area contributed by atoms with Crippen molar-refractivity contribution in [2.24, 2.45) is 0 Å². The fourth-order valence-electron chi connectivity index (χ4n) is 2.52. The number of carbonyl (C=O) groups is 1. The highest BCUT2D eigenvalue weighted by Gasteiger charge is 2.13. The molecular weight excluding hydrogens is 336 g/mol. The molecule has 0 radical (unpaired) electrons. The van der Waals surface area contributed by atoms with E-state index in [9.17, 15) is 9.59 Å². The molecule has 3 rings (SSSR count). The summed E-state index contributed by atoms with van der Waals surface area (Å²) < 4.78 is 16.8. The predicted octanol–water partition coefficient (Wildman–Crippen LogP) is 2.16. The molecule has 134 valence electrons. The first-order chi connectivity index (χ1) is 12.6. The van der Waals surface area contributed by atoms with Crippen LogP contribution in [0.1, 0.15) is 5.56 Å². The number of carbonyl (C=O) groups excluding carboxylic acids is 1. The van der Waals surface area contributed by atoms with Gasteiger partial charge in [-0.15, -0.1) is 0 Å². The number of fused-ring (bicyclic) bond motifs is 1. The maximum absolute atomic E-state index is 12.6. The average Bonchev–Trinajstić information content (AvgIpc) is 2.68. The Balaban J connectivity index is 1.80. The van der Waals surface area contributed by atoms with Gasteiger partial charge in [0, 0.05) is 6.07 Å². The lowest BCUT2D eigenvalue weighted by Crippen LogP contribution is -2.25. The lowest BCUT2D eigenvalue weighted by Gasteiger charge is -2.10. The van der Waals surface area contributed by atoms with Crippen LogP contribution in [-0.2, 0) is 22.7 Å². The summed E-state index contributed by atoms with van der Waals surface area (Å²) in [5.41, 5.74) is 0.982. The third-order valence-electron chi connectivity index (χ3n) is 3.87. The van der Waals surface area contributed by atoms with Crippen molar-refractivity contribution in [3.63, 3.8) is 0 Å². The molecule has 0 aliphatic rings. The number of nitrogens with zero attached hydrogens (tertiary/aromatic N) is 2. The second kappa shape index (κ2) is 7.69. The summed E-state index contributed by atoms with van der Waals surface area (Å²) in [5.74, 6) is 0.382. The van der Waals surface area contributed by atoms with Gasteiger partial charge in [-0.05, 0) is 11.6 Å². The highest BCUT2D eigenvalue weighted by atomic mass is 16.5. The van der Waals surface area contributed by atoms with Crippen molar-refractivity contribution < 1.29 is 19.0 Å². The molecule has 0 aliphatic carbocycles. The van der Waals surface area contributed by atoms with Crippen molar-refractivity contribution in [2.75, 3.05) is 14.2 Å². The van der Waals surface area contributed by atoms with Gasteiger partial charge < -0.3 is 14.2 Å². The molecule has 0 amide bonds. The van der Waals surface area contributed by atoms with Crippen molar-refractivity contribution in [3.8, 4) is 11.5 Å². The molecule has 7 nitrogen and oxygen atoms in total. The fourth-order valence-corrected chi connectivity index (χ4v) is 2.52. The molecule has 0 unspecified atom stereocenters. The van der Waals surface area contributed by atoms with Gasteiger partial charge in [0.25, 0.3) is 5.56 Å². The van der Waals surface area contributed by atoms with Gasteiger partial charge in [-0.1, -0.05) is 30.3 Å². The van der Waals surface area contributed by atoms with Crippen molar-refractivity contribution >= 4 is 16.9 Å². The molecule has 0 bridgehead atoms. The molecule has 0 aliphatic heterocycles. The minimum atomic E-state index is -0.516. The Labute approximate surface area is 149 Å². The normalized spacial score (nSPS) is 10.5. The Morgan fingerprint density at radius 2 is 1.77 bits per heavy atom. The van der Waals surface area contributed by atoms with Gasteiger partial charge in [0.15, 0.2) is 11.5 Å². The van der Waals surface area contributed by atoms with E-state index in [1.54, 1.807) is 12.1 Å². The highest BCUT2D eigenvalue weighted by molar-refractivity contribution is 5.82. The molecule has 0 saturated heterocycles. The topological polar surface area (TPSA) is 79.7 Å². The molecule has 0 saturated carbocycles. The van der Waals surface area contributed by atoms with E-state index in [0.717, 1.165) is 5.56 Å². The minimum absolute atomic E-state index is 0.153. The Kier molecular flexibility index (Phi) is 5.17. The largest absolute Gasteiger partial charge is 0.493 e. The van der Waals surface area contributed by atoms with E-state index in [4.69, 9.17) is 14.2 Å². The SMILES string of the molecule is COc1cc2ncn(CC(=O)OCc3ccccc3)c(=O)c2cc1OC. The Morgan fingerprint density at radius 3 is 2.46 bits per heavy atom. The van der Waals surface area contributed by atoms with E-state index in [1.807, 2.05) is 30.3 Å². The molecule has 0 N–H and O–H groups in total. The van der Waals surface area contributed by atoms with Crippen LogP contribution < -0.4 is 15.0 Å². The Hall–Kier alpha value is -3.35. The summed E-state index contributed by atoms with van der Waals surface area (Å²) in [4.78, 5) is 28.9. The van der Waals surface area contributed by atoms with Crippen LogP contribution in [-0.4, -0.2) is 29.7 Å². The number of ether oxygens (including phenoxy) is 3. The van der Waals surface area contributed by atoms with Crippen molar-refractivity contribution in [1.82, 2.24) is 9.55 Å². The molecule has 3 aromatic rings. The van der Waals surface area contributed by atoms with Crippen molar-refractivity contribution in [3.05, 3.63) is 64.7 Å². The van der Waals surface area contributed by atoms with E-state index < -0.39 is 5.97 Å². The van der Waals surface area contributed by atoms with Gasteiger partial charge in [0.05, 0.1) is 31.4 Å². The van der Waals surface area contributed by atoms with Gasteiger partial charge in [-0.25, -0.2) is 4.98 Å². The standard InChI is InChI=1S/C19H18N2O5/c1-24-16-8-14-15(9-17(16)25-2)20-12-21(19(14)23)10-18(22)26-11-13-6-4-3-5-7-13/h3-9,12H,10-11H2,1-2H3. The molecule has 1 heterocycles. The first-order valence-electron chi connectivity index (χ1n) is 7.93. The average molecular weight is 354 g/mol. The molecule has 2 aromatic carbocycles. The number of rotatable bonds is 6. The molecule has 0 spiro atoms. The zero-order chi connectivity index (χ0) is 18.5. The Morgan fingerprint density at radius 1 is 1.08 bits per heavy atom. The summed E-state index contributed by atoms with van der Waals surface area (Å²) in [7, 11) is 2.99. The third-order valence-corrected chi connectivity index (χ3v) is 3.87. The van der Waals surface area contributed by atoms with Crippen LogP contribution in [0.15, 0.2) is 53.6 Å². The lowest BCUT2D eigenvalue weighted by molar-refractivity contribution is -0.145. The molecular formula is C19H18N2O5. The first kappa shape index (κ1) is 17.5. The third kappa shape index (κ3) is 3.66. The number of hydrogen-bond donors (Lipinski definition) is 0. The Bertz CT molecular complexity index is 982. The summed E-state index contributed by atoms with van der Waals surface area (Å²) in [6, 6.07) is 12.5. The van der Waals surface area contributed by atoms with Gasteiger partial charge in [-0.3, -0.25) is 14.2 Å². The molecule has 7 heteroatoms. The van der Waals surface area contributed by atoms with Crippen LogP contribution >= 0.6 is 0 Å². The van der Waals surface area contributed by atoms with E-state index in [1.165, 1.54) is 25.1 Å². The minimum Gasteiger partial charge on any atom is -0.493 e. The monoisotopic (exact) mass is 354 g/mol. The van der Waals surface area contributed by atoms with Gasteiger partial charge >= 0.3 is 5.97 Å². The van der Waals surface area contributed by atoms with Crippen LogP contribution in [0.25, 0.3) is 10.9 Å². The van der Waals surface area contributed by atoms with Crippen LogP contribution in [0, 0.1) is 0 Å². The maximum atomic E-state index is 12.6. The van der Waals surface area contributed by atoms with E-state index in [-0.39, 0.29) is 18.7 Å². The predicted molar refractivity (Wildman–Crippen MR) is 95.3 cm³/mol. The van der Waals surface area contributed by atoms with Crippen LogP contribution in [0.5, 0.6) is 11.5 Å². The lowest BCUT2D eigenvalue weighted by atomic mass is 10.2. The zero-order valence-corrected chi connectivity index (χ0v) is 14.5. The summed E-state index contributed by atoms with van der Waals surface area (Å²) in [6.07, 6.45) is 1.32. The quantitative estimate of drug-likeness (QED) is 0.631. The number of benzene rings is 2. The van der Waals surface area contributed by atoms with E-state index in [0.29, 0.717) is 22.4 Å². The van der Waals surface area contributed by atoms with Crippen molar-refractivity contribution in [1.29, 1.82) is 0 Å². The molecule has 1 aromatic heterocycles. The first-order valence-corrected chi connectivity index (χ1v) is 7.93. The number of esters is 1. The van der Waals surface area contributed by atoms with Crippen LogP contribution in [0.2, 0.25) is 0 Å². The summed E-state index contributed by atoms with van der Waals surface area (Å²) >= 11 is 0. The number of aromatic nitrogens is 2. The maximum Gasteiger partial charge on any atom is 0.326 e. The second-order valence-electron chi connectivity index (χ2n) is 5.55. The van der Waals surface area contributed by atoms with Crippen molar-refractivity contribution in [2.45, 2.75) is 13.2 Å². The van der Waals surface area contributed by atoms with E-state index >= 15 is 0 Å². The molecule has 0 fully saturated rings. The highest BCUT2D eigenvalue weighted by Crippen LogP contribution is 2.29. The molecule has 26 heavy (non-hydrogen) atoms. The second-order valence-corrected chi connectivity index (χ2v) is 5.55. The van der Waals surface area contributed by atoms with Gasteiger partial charge in [0.2, 0.25) is 0 Å². The van der Waals surface area contributed by atoms with Crippen LogP contribution in [0.4, 0.5) is 0 Å². The van der Waals surface area contributed by atoms with E-state index in [2.05, 4.69) is 4.98 Å². The smallest absolute Gasteiger partial charge is 0.326 e. The number of methoxy groups -OCH3 is 2. The number of hydrogen-bond acceptors (Lipinski definition) is 6. The summed E-state index contributed by atoms with van der Waals surface area (Å²) in [6.45, 7) is -0.0661. The molecule has 0 atom stereocenters. The van der Waals surface area contributed by atoms with Crippen LogP contribution in [0.3, 0.4) is 0 Å². The summed E-state index contributed by atoms with van der Waals surface area (Å²) in [5, 5.41) is 0.334.